The second kappa shape index (κ2) is 5.56. The molecule has 0 aliphatic rings. The zero-order valence-electron chi connectivity index (χ0n) is 10.4. The molecule has 1 heterocycles. The van der Waals surface area contributed by atoms with Gasteiger partial charge in [-0.05, 0) is 37.2 Å². The van der Waals surface area contributed by atoms with Gasteiger partial charge in [-0.1, -0.05) is 25.4 Å². The summed E-state index contributed by atoms with van der Waals surface area (Å²) in [6, 6.07) is 8.74. The van der Waals surface area contributed by atoms with Crippen LogP contribution in [0.3, 0.4) is 0 Å². The zero-order valence-corrected chi connectivity index (χ0v) is 11.2. The van der Waals surface area contributed by atoms with E-state index in [-0.39, 0.29) is 0 Å². The summed E-state index contributed by atoms with van der Waals surface area (Å²) in [7, 11) is 0. The number of fused-ring (bicyclic) bond motifs is 1. The van der Waals surface area contributed by atoms with E-state index in [1.807, 2.05) is 12.1 Å². The predicted octanol–water partition coefficient (Wildman–Crippen LogP) is 3.68. The topological polar surface area (TPSA) is 17.0 Å². The minimum Gasteiger partial charge on any atom is -0.347 e. The first kappa shape index (κ1) is 12.5. The second-order valence-corrected chi connectivity index (χ2v) is 5.11. The van der Waals surface area contributed by atoms with Crippen molar-refractivity contribution in [3.63, 3.8) is 0 Å². The Balaban J connectivity index is 1.99. The van der Waals surface area contributed by atoms with E-state index in [4.69, 9.17) is 11.6 Å². The van der Waals surface area contributed by atoms with Crippen LogP contribution in [0.5, 0.6) is 0 Å². The molecule has 0 atom stereocenters. The van der Waals surface area contributed by atoms with E-state index in [1.54, 1.807) is 0 Å². The van der Waals surface area contributed by atoms with Crippen LogP contribution < -0.4 is 5.32 Å². The fourth-order valence-corrected chi connectivity index (χ4v) is 2.19. The van der Waals surface area contributed by atoms with Gasteiger partial charge in [-0.2, -0.15) is 0 Å². The number of halogens is 1. The van der Waals surface area contributed by atoms with Crippen molar-refractivity contribution in [3.8, 4) is 0 Å². The van der Waals surface area contributed by atoms with Gasteiger partial charge < -0.3 is 9.88 Å². The lowest BCUT2D eigenvalue weighted by molar-refractivity contribution is 0.541. The molecule has 0 unspecified atom stereocenters. The standard InChI is InChI=1S/C14H19ClN2/c1-11(2)16-7-3-8-17-9-6-12-10-13(15)4-5-14(12)17/h4-6,9-11,16H,3,7-8H2,1-2H3. The molecule has 0 aliphatic carbocycles. The highest BCUT2D eigenvalue weighted by Crippen LogP contribution is 2.20. The molecule has 2 nitrogen and oxygen atoms in total. The third-order valence-corrected chi connectivity index (χ3v) is 3.10. The number of aryl methyl sites for hydroxylation is 1. The van der Waals surface area contributed by atoms with Crippen LogP contribution in [0, 0.1) is 0 Å². The highest BCUT2D eigenvalue weighted by atomic mass is 35.5. The van der Waals surface area contributed by atoms with Gasteiger partial charge in [0.25, 0.3) is 0 Å². The van der Waals surface area contributed by atoms with E-state index in [0.717, 1.165) is 24.5 Å². The van der Waals surface area contributed by atoms with Gasteiger partial charge in [0.15, 0.2) is 0 Å². The molecular formula is C14H19ClN2. The van der Waals surface area contributed by atoms with Gasteiger partial charge in [0, 0.05) is 34.7 Å². The molecule has 0 saturated carbocycles. The van der Waals surface area contributed by atoms with Crippen molar-refractivity contribution in [3.05, 3.63) is 35.5 Å². The highest BCUT2D eigenvalue weighted by molar-refractivity contribution is 6.31. The molecule has 0 spiro atoms. The summed E-state index contributed by atoms with van der Waals surface area (Å²) in [5, 5.41) is 5.45. The molecule has 3 heteroatoms. The van der Waals surface area contributed by atoms with Gasteiger partial charge in [0.1, 0.15) is 0 Å². The highest BCUT2D eigenvalue weighted by Gasteiger charge is 2.01. The quantitative estimate of drug-likeness (QED) is 0.801. The van der Waals surface area contributed by atoms with E-state index in [9.17, 15) is 0 Å². The van der Waals surface area contributed by atoms with Gasteiger partial charge in [-0.25, -0.2) is 0 Å². The van der Waals surface area contributed by atoms with E-state index in [2.05, 4.69) is 42.1 Å². The van der Waals surface area contributed by atoms with E-state index in [0.29, 0.717) is 6.04 Å². The first-order valence-electron chi connectivity index (χ1n) is 6.14. The van der Waals surface area contributed by atoms with Crippen molar-refractivity contribution in [2.45, 2.75) is 32.9 Å². The molecule has 17 heavy (non-hydrogen) atoms. The number of rotatable bonds is 5. The third kappa shape index (κ3) is 3.24. The summed E-state index contributed by atoms with van der Waals surface area (Å²) >= 11 is 5.97. The van der Waals surface area contributed by atoms with E-state index >= 15 is 0 Å². The SMILES string of the molecule is CC(C)NCCCn1ccc2cc(Cl)ccc21. The average Bonchev–Trinajstić information content (AvgIpc) is 2.66. The Labute approximate surface area is 108 Å². The molecule has 1 N–H and O–H groups in total. The van der Waals surface area contributed by atoms with Gasteiger partial charge in [0.05, 0.1) is 0 Å². The minimum atomic E-state index is 0.565. The van der Waals surface area contributed by atoms with E-state index in [1.165, 1.54) is 10.9 Å². The molecular weight excluding hydrogens is 232 g/mol. The summed E-state index contributed by atoms with van der Waals surface area (Å²) < 4.78 is 2.29. The van der Waals surface area contributed by atoms with Crippen LogP contribution >= 0.6 is 11.6 Å². The summed E-state index contributed by atoms with van der Waals surface area (Å²) in [6.45, 7) is 6.45. The fraction of sp³-hybridized carbons (Fsp3) is 0.429. The molecule has 0 fully saturated rings. The lowest BCUT2D eigenvalue weighted by Gasteiger charge is -2.09. The Hall–Kier alpha value is -0.990. The van der Waals surface area contributed by atoms with Crippen LogP contribution in [-0.2, 0) is 6.54 Å². The van der Waals surface area contributed by atoms with Crippen LogP contribution in [0.25, 0.3) is 10.9 Å². The van der Waals surface area contributed by atoms with Crippen molar-refractivity contribution in [1.82, 2.24) is 9.88 Å². The van der Waals surface area contributed by atoms with E-state index < -0.39 is 0 Å². The predicted molar refractivity (Wildman–Crippen MR) is 74.7 cm³/mol. The molecule has 2 aromatic rings. The summed E-state index contributed by atoms with van der Waals surface area (Å²) in [5.41, 5.74) is 1.26. The largest absolute Gasteiger partial charge is 0.347 e. The monoisotopic (exact) mass is 250 g/mol. The van der Waals surface area contributed by atoms with Crippen LogP contribution in [-0.4, -0.2) is 17.2 Å². The molecule has 1 aromatic carbocycles. The van der Waals surface area contributed by atoms with Gasteiger partial charge >= 0.3 is 0 Å². The van der Waals surface area contributed by atoms with Crippen LogP contribution in [0.15, 0.2) is 30.5 Å². The normalized spacial score (nSPS) is 11.5. The van der Waals surface area contributed by atoms with Crippen LogP contribution in [0.4, 0.5) is 0 Å². The molecule has 0 amide bonds. The maximum Gasteiger partial charge on any atom is 0.0481 e. The second-order valence-electron chi connectivity index (χ2n) is 4.67. The Morgan fingerprint density at radius 1 is 1.29 bits per heavy atom. The number of benzene rings is 1. The van der Waals surface area contributed by atoms with Crippen LogP contribution in [0.2, 0.25) is 5.02 Å². The Morgan fingerprint density at radius 2 is 2.12 bits per heavy atom. The van der Waals surface area contributed by atoms with Crippen molar-refractivity contribution in [1.29, 1.82) is 0 Å². The molecule has 0 aliphatic heterocycles. The lowest BCUT2D eigenvalue weighted by Crippen LogP contribution is -2.24. The number of nitrogens with zero attached hydrogens (tertiary/aromatic N) is 1. The number of hydrogen-bond acceptors (Lipinski definition) is 1. The molecule has 0 radical (unpaired) electrons. The first-order valence-corrected chi connectivity index (χ1v) is 6.52. The van der Waals surface area contributed by atoms with Crippen molar-refractivity contribution >= 4 is 22.5 Å². The summed E-state index contributed by atoms with van der Waals surface area (Å²) in [6.07, 6.45) is 3.28. The number of nitrogens with one attached hydrogen (secondary N) is 1. The van der Waals surface area contributed by atoms with Crippen molar-refractivity contribution < 1.29 is 0 Å². The maximum absolute atomic E-state index is 5.97. The fourth-order valence-electron chi connectivity index (χ4n) is 2.01. The van der Waals surface area contributed by atoms with Crippen LogP contribution in [0.1, 0.15) is 20.3 Å². The average molecular weight is 251 g/mol. The lowest BCUT2D eigenvalue weighted by atomic mass is 10.2. The molecule has 92 valence electrons. The summed E-state index contributed by atoms with van der Waals surface area (Å²) in [4.78, 5) is 0. The number of hydrogen-bond donors (Lipinski definition) is 1. The molecule has 0 saturated heterocycles. The van der Waals surface area contributed by atoms with Gasteiger partial charge in [-0.15, -0.1) is 0 Å². The minimum absolute atomic E-state index is 0.565. The molecule has 1 aromatic heterocycles. The smallest absolute Gasteiger partial charge is 0.0481 e. The van der Waals surface area contributed by atoms with Crippen molar-refractivity contribution in [2.24, 2.45) is 0 Å². The number of aromatic nitrogens is 1. The van der Waals surface area contributed by atoms with Gasteiger partial charge in [0.2, 0.25) is 0 Å². The van der Waals surface area contributed by atoms with Crippen molar-refractivity contribution in [2.75, 3.05) is 6.54 Å². The maximum atomic E-state index is 5.97. The zero-order chi connectivity index (χ0) is 12.3. The molecule has 2 rings (SSSR count). The Kier molecular flexibility index (Phi) is 4.08. The summed E-state index contributed by atoms with van der Waals surface area (Å²) in [5.74, 6) is 0. The molecule has 0 bridgehead atoms. The Bertz CT molecular complexity index is 488. The Morgan fingerprint density at radius 3 is 2.88 bits per heavy atom. The first-order chi connectivity index (χ1) is 8.16. The van der Waals surface area contributed by atoms with Gasteiger partial charge in [-0.3, -0.25) is 0 Å². The third-order valence-electron chi connectivity index (χ3n) is 2.86.